The second-order valence-corrected chi connectivity index (χ2v) is 6.89. The molecule has 5 nitrogen and oxygen atoms in total. The Balaban J connectivity index is 2.22. The Labute approximate surface area is 119 Å². The Bertz CT molecular complexity index is 690. The first-order valence-corrected chi connectivity index (χ1v) is 8.32. The summed E-state index contributed by atoms with van der Waals surface area (Å²) in [4.78, 5) is 4.35. The molecule has 0 bridgehead atoms. The number of nitrogens with zero attached hydrogens (tertiary/aromatic N) is 2. The quantitative estimate of drug-likeness (QED) is 0.921. The van der Waals surface area contributed by atoms with Gasteiger partial charge in [-0.1, -0.05) is 26.0 Å². The van der Waals surface area contributed by atoms with Gasteiger partial charge in [-0.25, -0.2) is 13.4 Å². The monoisotopic (exact) mass is 293 g/mol. The third-order valence-electron chi connectivity index (χ3n) is 2.85. The number of rotatable bonds is 5. The summed E-state index contributed by atoms with van der Waals surface area (Å²) in [5, 5.41) is 0. The molecule has 0 amide bonds. The minimum absolute atomic E-state index is 0.349. The maximum atomic E-state index is 11.2. The van der Waals surface area contributed by atoms with Crippen LogP contribution in [0.5, 0.6) is 0 Å². The normalized spacial score (nSPS) is 11.8. The van der Waals surface area contributed by atoms with E-state index in [0.29, 0.717) is 18.2 Å². The van der Waals surface area contributed by atoms with Gasteiger partial charge in [0, 0.05) is 30.5 Å². The first-order valence-electron chi connectivity index (χ1n) is 6.43. The van der Waals surface area contributed by atoms with Crippen LogP contribution in [-0.2, 0) is 16.6 Å². The van der Waals surface area contributed by atoms with E-state index in [1.54, 1.807) is 12.3 Å². The van der Waals surface area contributed by atoms with Crippen molar-refractivity contribution in [3.8, 4) is 0 Å². The SMILES string of the molecule is CC(C)c1nccn1Cc1cccc(NS(C)(=O)=O)c1. The number of imidazole rings is 1. The van der Waals surface area contributed by atoms with Crippen LogP contribution in [0.3, 0.4) is 0 Å². The highest BCUT2D eigenvalue weighted by atomic mass is 32.2. The zero-order valence-electron chi connectivity index (χ0n) is 11.9. The minimum atomic E-state index is -3.25. The van der Waals surface area contributed by atoms with Crippen molar-refractivity contribution in [1.82, 2.24) is 9.55 Å². The van der Waals surface area contributed by atoms with Gasteiger partial charge in [-0.05, 0) is 17.7 Å². The summed E-state index contributed by atoms with van der Waals surface area (Å²) < 4.78 is 27.1. The molecule has 1 N–H and O–H groups in total. The maximum Gasteiger partial charge on any atom is 0.229 e. The molecule has 0 radical (unpaired) electrons. The van der Waals surface area contributed by atoms with Crippen molar-refractivity contribution in [2.24, 2.45) is 0 Å². The fourth-order valence-corrected chi connectivity index (χ4v) is 2.65. The molecule has 0 aliphatic carbocycles. The smallest absolute Gasteiger partial charge is 0.229 e. The van der Waals surface area contributed by atoms with E-state index in [0.717, 1.165) is 17.6 Å². The van der Waals surface area contributed by atoms with Gasteiger partial charge in [0.1, 0.15) is 5.82 Å². The Morgan fingerprint density at radius 2 is 2.10 bits per heavy atom. The Morgan fingerprint density at radius 1 is 1.35 bits per heavy atom. The van der Waals surface area contributed by atoms with Crippen LogP contribution in [0.15, 0.2) is 36.7 Å². The van der Waals surface area contributed by atoms with Gasteiger partial charge in [0.05, 0.1) is 6.26 Å². The first-order chi connectivity index (χ1) is 9.35. The Kier molecular flexibility index (Phi) is 4.13. The molecule has 0 unspecified atom stereocenters. The minimum Gasteiger partial charge on any atom is -0.330 e. The molecule has 1 aromatic heterocycles. The number of benzene rings is 1. The molecule has 0 saturated carbocycles. The fraction of sp³-hybridized carbons (Fsp3) is 0.357. The van der Waals surface area contributed by atoms with Gasteiger partial charge < -0.3 is 4.57 Å². The average Bonchev–Trinajstić information content (AvgIpc) is 2.75. The molecular formula is C14H19N3O2S. The van der Waals surface area contributed by atoms with E-state index in [4.69, 9.17) is 0 Å². The lowest BCUT2D eigenvalue weighted by Crippen LogP contribution is -2.10. The summed E-state index contributed by atoms with van der Waals surface area (Å²) in [6.45, 7) is 4.87. The second kappa shape index (κ2) is 5.66. The number of nitrogens with one attached hydrogen (secondary N) is 1. The third-order valence-corrected chi connectivity index (χ3v) is 3.45. The predicted molar refractivity (Wildman–Crippen MR) is 80.3 cm³/mol. The van der Waals surface area contributed by atoms with Crippen LogP contribution >= 0.6 is 0 Å². The maximum absolute atomic E-state index is 11.2. The summed E-state index contributed by atoms with van der Waals surface area (Å²) in [5.74, 6) is 1.37. The zero-order valence-corrected chi connectivity index (χ0v) is 12.7. The van der Waals surface area contributed by atoms with Crippen LogP contribution < -0.4 is 4.72 Å². The van der Waals surface area contributed by atoms with Gasteiger partial charge in [-0.15, -0.1) is 0 Å². The van der Waals surface area contributed by atoms with Crippen LogP contribution in [0.2, 0.25) is 0 Å². The van der Waals surface area contributed by atoms with Crippen LogP contribution in [0, 0.1) is 0 Å². The molecule has 108 valence electrons. The molecule has 6 heteroatoms. The van der Waals surface area contributed by atoms with E-state index in [-0.39, 0.29) is 0 Å². The van der Waals surface area contributed by atoms with Gasteiger partial charge in [0.25, 0.3) is 0 Å². The van der Waals surface area contributed by atoms with Crippen molar-refractivity contribution < 1.29 is 8.42 Å². The molecule has 0 atom stereocenters. The molecular weight excluding hydrogens is 274 g/mol. The molecule has 1 aromatic carbocycles. The molecule has 2 aromatic rings. The van der Waals surface area contributed by atoms with Gasteiger partial charge in [0.2, 0.25) is 10.0 Å². The zero-order chi connectivity index (χ0) is 14.8. The van der Waals surface area contributed by atoms with Crippen molar-refractivity contribution >= 4 is 15.7 Å². The van der Waals surface area contributed by atoms with E-state index in [1.807, 2.05) is 24.4 Å². The van der Waals surface area contributed by atoms with Gasteiger partial charge in [-0.3, -0.25) is 4.72 Å². The van der Waals surface area contributed by atoms with Crippen molar-refractivity contribution in [1.29, 1.82) is 0 Å². The molecule has 0 saturated heterocycles. The highest BCUT2D eigenvalue weighted by molar-refractivity contribution is 7.92. The lowest BCUT2D eigenvalue weighted by molar-refractivity contribution is 0.607. The molecule has 0 aliphatic heterocycles. The van der Waals surface area contributed by atoms with Crippen LogP contribution in [0.1, 0.15) is 31.2 Å². The lowest BCUT2D eigenvalue weighted by atomic mass is 10.2. The molecule has 0 spiro atoms. The highest BCUT2D eigenvalue weighted by Gasteiger charge is 2.08. The largest absolute Gasteiger partial charge is 0.330 e. The number of aromatic nitrogens is 2. The number of anilines is 1. The fourth-order valence-electron chi connectivity index (χ4n) is 2.10. The van der Waals surface area contributed by atoms with E-state index in [2.05, 4.69) is 28.1 Å². The molecule has 1 heterocycles. The van der Waals surface area contributed by atoms with Gasteiger partial charge in [0.15, 0.2) is 0 Å². The van der Waals surface area contributed by atoms with Crippen LogP contribution in [-0.4, -0.2) is 24.2 Å². The van der Waals surface area contributed by atoms with E-state index < -0.39 is 10.0 Å². The van der Waals surface area contributed by atoms with Gasteiger partial charge >= 0.3 is 0 Å². The summed E-state index contributed by atoms with van der Waals surface area (Å²) in [7, 11) is -3.25. The highest BCUT2D eigenvalue weighted by Crippen LogP contribution is 2.16. The standard InChI is InChI=1S/C14H19N3O2S/c1-11(2)14-15-7-8-17(14)10-12-5-4-6-13(9-12)16-20(3,18)19/h4-9,11,16H,10H2,1-3H3. The van der Waals surface area contributed by atoms with Crippen molar-refractivity contribution in [2.75, 3.05) is 11.0 Å². The van der Waals surface area contributed by atoms with E-state index in [1.165, 1.54) is 0 Å². The topological polar surface area (TPSA) is 64.0 Å². The van der Waals surface area contributed by atoms with E-state index in [9.17, 15) is 8.42 Å². The summed E-state index contributed by atoms with van der Waals surface area (Å²) >= 11 is 0. The Hall–Kier alpha value is -1.82. The van der Waals surface area contributed by atoms with E-state index >= 15 is 0 Å². The van der Waals surface area contributed by atoms with Gasteiger partial charge in [-0.2, -0.15) is 0 Å². The van der Waals surface area contributed by atoms with Crippen molar-refractivity contribution in [3.05, 3.63) is 48.0 Å². The number of hydrogen-bond donors (Lipinski definition) is 1. The second-order valence-electron chi connectivity index (χ2n) is 5.14. The molecule has 20 heavy (non-hydrogen) atoms. The molecule has 0 fully saturated rings. The first kappa shape index (κ1) is 14.6. The van der Waals surface area contributed by atoms with Crippen molar-refractivity contribution in [3.63, 3.8) is 0 Å². The number of hydrogen-bond acceptors (Lipinski definition) is 3. The van der Waals surface area contributed by atoms with Crippen molar-refractivity contribution in [2.45, 2.75) is 26.3 Å². The van der Waals surface area contributed by atoms with Crippen LogP contribution in [0.25, 0.3) is 0 Å². The molecule has 2 rings (SSSR count). The number of sulfonamides is 1. The summed E-state index contributed by atoms with van der Waals surface area (Å²) in [6, 6.07) is 7.39. The average molecular weight is 293 g/mol. The van der Waals surface area contributed by atoms with Crippen LogP contribution in [0.4, 0.5) is 5.69 Å². The lowest BCUT2D eigenvalue weighted by Gasteiger charge is -2.11. The predicted octanol–water partition coefficient (Wildman–Crippen LogP) is 2.43. The summed E-state index contributed by atoms with van der Waals surface area (Å²) in [6.07, 6.45) is 4.87. The molecule has 0 aliphatic rings. The summed E-state index contributed by atoms with van der Waals surface area (Å²) in [5.41, 5.74) is 1.61. The third kappa shape index (κ3) is 3.84. The Morgan fingerprint density at radius 3 is 2.75 bits per heavy atom.